The molecule has 104 valence electrons. The van der Waals surface area contributed by atoms with Crippen molar-refractivity contribution in [3.8, 4) is 0 Å². The Kier molecular flexibility index (Phi) is 4.92. The van der Waals surface area contributed by atoms with E-state index in [4.69, 9.17) is 0 Å². The maximum atomic E-state index is 12.1. The van der Waals surface area contributed by atoms with Crippen molar-refractivity contribution >= 4 is 33.6 Å². The van der Waals surface area contributed by atoms with Gasteiger partial charge in [-0.25, -0.2) is 0 Å². The summed E-state index contributed by atoms with van der Waals surface area (Å²) in [5.41, 5.74) is -0.324. The maximum Gasteiger partial charge on any atom is 0.223 e. The summed E-state index contributed by atoms with van der Waals surface area (Å²) in [5, 5.41) is 9.30. The molecule has 1 heterocycles. The van der Waals surface area contributed by atoms with Crippen molar-refractivity contribution in [1.29, 1.82) is 0 Å². The van der Waals surface area contributed by atoms with E-state index in [-0.39, 0.29) is 18.1 Å². The molecular formula is C14H18BrNO2S. The van der Waals surface area contributed by atoms with Crippen molar-refractivity contribution < 1.29 is 9.90 Å². The van der Waals surface area contributed by atoms with E-state index >= 15 is 0 Å². The highest BCUT2D eigenvalue weighted by atomic mass is 79.9. The first-order valence-electron chi connectivity index (χ1n) is 6.35. The van der Waals surface area contributed by atoms with Gasteiger partial charge in [0.1, 0.15) is 0 Å². The van der Waals surface area contributed by atoms with Gasteiger partial charge in [-0.1, -0.05) is 12.1 Å². The van der Waals surface area contributed by atoms with Crippen LogP contribution in [0.5, 0.6) is 0 Å². The molecule has 1 amide bonds. The minimum absolute atomic E-state index is 0.0517. The highest BCUT2D eigenvalue weighted by molar-refractivity contribution is 9.10. The SMILES string of the molecule is CC1(CO)CCN1C(=O)CCSc1ccccc1Br. The first-order valence-corrected chi connectivity index (χ1v) is 8.13. The molecule has 0 aliphatic carbocycles. The van der Waals surface area contributed by atoms with Gasteiger partial charge in [-0.15, -0.1) is 11.8 Å². The summed E-state index contributed by atoms with van der Waals surface area (Å²) in [4.78, 5) is 15.0. The van der Waals surface area contributed by atoms with Gasteiger partial charge in [0, 0.05) is 28.1 Å². The first-order chi connectivity index (χ1) is 9.07. The lowest BCUT2D eigenvalue weighted by molar-refractivity contribution is -0.149. The first kappa shape index (κ1) is 14.9. The number of rotatable bonds is 5. The molecule has 0 spiro atoms. The lowest BCUT2D eigenvalue weighted by Gasteiger charge is -2.49. The standard InChI is InChI=1S/C14H18BrNO2S/c1-14(10-17)7-8-16(14)13(18)6-9-19-12-5-3-2-4-11(12)15/h2-5,17H,6-10H2,1H3. The van der Waals surface area contributed by atoms with Gasteiger partial charge in [0.2, 0.25) is 5.91 Å². The van der Waals surface area contributed by atoms with Crippen LogP contribution in [-0.4, -0.2) is 40.4 Å². The Hall–Kier alpha value is -0.520. The quantitative estimate of drug-likeness (QED) is 0.835. The van der Waals surface area contributed by atoms with Gasteiger partial charge in [-0.05, 0) is 41.4 Å². The van der Waals surface area contributed by atoms with Crippen LogP contribution in [-0.2, 0) is 4.79 Å². The molecule has 0 radical (unpaired) electrons. The summed E-state index contributed by atoms with van der Waals surface area (Å²) in [6, 6.07) is 8.02. The Morgan fingerprint density at radius 1 is 1.53 bits per heavy atom. The third-order valence-corrected chi connectivity index (χ3v) is 5.61. The van der Waals surface area contributed by atoms with Crippen LogP contribution in [0.15, 0.2) is 33.6 Å². The van der Waals surface area contributed by atoms with Gasteiger partial charge < -0.3 is 10.0 Å². The van der Waals surface area contributed by atoms with Crippen molar-refractivity contribution in [3.63, 3.8) is 0 Å². The fourth-order valence-corrected chi connectivity index (χ4v) is 3.65. The average molecular weight is 344 g/mol. The molecule has 2 rings (SSSR count). The summed E-state index contributed by atoms with van der Waals surface area (Å²) >= 11 is 5.18. The van der Waals surface area contributed by atoms with Gasteiger partial charge in [0.25, 0.3) is 0 Å². The van der Waals surface area contributed by atoms with Crippen LogP contribution < -0.4 is 0 Å². The second kappa shape index (κ2) is 6.29. The second-order valence-corrected chi connectivity index (χ2v) is 6.97. The van der Waals surface area contributed by atoms with Gasteiger partial charge in [0.15, 0.2) is 0 Å². The van der Waals surface area contributed by atoms with Crippen molar-refractivity contribution in [1.82, 2.24) is 4.90 Å². The fraction of sp³-hybridized carbons (Fsp3) is 0.500. The largest absolute Gasteiger partial charge is 0.394 e. The van der Waals surface area contributed by atoms with Crippen molar-refractivity contribution in [2.45, 2.75) is 30.2 Å². The summed E-state index contributed by atoms with van der Waals surface area (Å²) in [6.07, 6.45) is 1.41. The van der Waals surface area contributed by atoms with E-state index in [1.165, 1.54) is 0 Å². The van der Waals surface area contributed by atoms with Gasteiger partial charge >= 0.3 is 0 Å². The lowest BCUT2D eigenvalue weighted by Crippen LogP contribution is -2.62. The summed E-state index contributed by atoms with van der Waals surface area (Å²) in [7, 11) is 0. The number of aliphatic hydroxyl groups excluding tert-OH is 1. The molecular weight excluding hydrogens is 326 g/mol. The zero-order valence-corrected chi connectivity index (χ0v) is 13.3. The van der Waals surface area contributed by atoms with E-state index in [1.807, 2.05) is 31.2 Å². The number of carbonyl (C=O) groups excluding carboxylic acids is 1. The highest BCUT2D eigenvalue weighted by Crippen LogP contribution is 2.31. The van der Waals surface area contributed by atoms with Crippen LogP contribution >= 0.6 is 27.7 Å². The number of amides is 1. The molecule has 0 bridgehead atoms. The normalized spacial score (nSPS) is 22.2. The van der Waals surface area contributed by atoms with E-state index in [0.29, 0.717) is 6.42 Å². The summed E-state index contributed by atoms with van der Waals surface area (Å²) in [5.74, 6) is 0.904. The Labute approximate surface area is 126 Å². The van der Waals surface area contributed by atoms with Crippen LogP contribution in [0.4, 0.5) is 0 Å². The Morgan fingerprint density at radius 2 is 2.26 bits per heavy atom. The minimum Gasteiger partial charge on any atom is -0.394 e. The molecule has 1 N–H and O–H groups in total. The number of likely N-dealkylation sites (tertiary alicyclic amines) is 1. The number of carbonyl (C=O) groups is 1. The smallest absolute Gasteiger partial charge is 0.223 e. The van der Waals surface area contributed by atoms with Crippen LogP contribution in [0, 0.1) is 0 Å². The Morgan fingerprint density at radius 3 is 2.84 bits per heavy atom. The topological polar surface area (TPSA) is 40.5 Å². The summed E-state index contributed by atoms with van der Waals surface area (Å²) in [6.45, 7) is 2.76. The maximum absolute atomic E-state index is 12.1. The number of thioether (sulfide) groups is 1. The lowest BCUT2D eigenvalue weighted by atomic mass is 9.87. The molecule has 1 aromatic rings. The molecule has 1 fully saturated rings. The number of benzene rings is 1. The van der Waals surface area contributed by atoms with Crippen LogP contribution in [0.3, 0.4) is 0 Å². The molecule has 1 unspecified atom stereocenters. The van der Waals surface area contributed by atoms with E-state index < -0.39 is 0 Å². The van der Waals surface area contributed by atoms with E-state index in [0.717, 1.165) is 28.1 Å². The van der Waals surface area contributed by atoms with Gasteiger partial charge in [-0.3, -0.25) is 4.79 Å². The molecule has 5 heteroatoms. The predicted molar refractivity (Wildman–Crippen MR) is 81.3 cm³/mol. The number of hydrogen-bond acceptors (Lipinski definition) is 3. The summed E-state index contributed by atoms with van der Waals surface area (Å²) < 4.78 is 1.07. The second-order valence-electron chi connectivity index (χ2n) is 4.98. The number of hydrogen-bond donors (Lipinski definition) is 1. The molecule has 1 aromatic carbocycles. The monoisotopic (exact) mass is 343 g/mol. The van der Waals surface area contributed by atoms with Crippen molar-refractivity contribution in [3.05, 3.63) is 28.7 Å². The molecule has 0 saturated carbocycles. The highest BCUT2D eigenvalue weighted by Gasteiger charge is 2.42. The zero-order valence-electron chi connectivity index (χ0n) is 10.9. The van der Waals surface area contributed by atoms with Gasteiger partial charge in [0.05, 0.1) is 12.1 Å². The molecule has 1 aliphatic heterocycles. The van der Waals surface area contributed by atoms with E-state index in [1.54, 1.807) is 16.7 Å². The molecule has 0 aromatic heterocycles. The third-order valence-electron chi connectivity index (χ3n) is 3.58. The number of nitrogens with zero attached hydrogens (tertiary/aromatic N) is 1. The zero-order chi connectivity index (χ0) is 13.9. The minimum atomic E-state index is -0.324. The molecule has 19 heavy (non-hydrogen) atoms. The number of halogens is 1. The number of aliphatic hydroxyl groups is 1. The van der Waals surface area contributed by atoms with Crippen LogP contribution in [0.25, 0.3) is 0 Å². The van der Waals surface area contributed by atoms with Crippen LogP contribution in [0.2, 0.25) is 0 Å². The predicted octanol–water partition coefficient (Wildman–Crippen LogP) is 2.91. The Bertz CT molecular complexity index is 465. The van der Waals surface area contributed by atoms with Crippen molar-refractivity contribution in [2.24, 2.45) is 0 Å². The molecule has 1 atom stereocenters. The molecule has 3 nitrogen and oxygen atoms in total. The van der Waals surface area contributed by atoms with Crippen LogP contribution in [0.1, 0.15) is 19.8 Å². The fourth-order valence-electron chi connectivity index (χ4n) is 2.14. The van der Waals surface area contributed by atoms with Gasteiger partial charge in [-0.2, -0.15) is 0 Å². The van der Waals surface area contributed by atoms with E-state index in [2.05, 4.69) is 15.9 Å². The third kappa shape index (κ3) is 3.33. The molecule has 1 saturated heterocycles. The van der Waals surface area contributed by atoms with Crippen molar-refractivity contribution in [2.75, 3.05) is 18.9 Å². The molecule has 1 aliphatic rings. The Balaban J connectivity index is 1.80. The average Bonchev–Trinajstić information content (AvgIpc) is 2.39. The van der Waals surface area contributed by atoms with E-state index in [9.17, 15) is 9.90 Å².